The fourth-order valence-corrected chi connectivity index (χ4v) is 10.1. The zero-order valence-corrected chi connectivity index (χ0v) is 28.4. The van der Waals surface area contributed by atoms with Gasteiger partial charge in [-0.3, -0.25) is 4.79 Å². The van der Waals surface area contributed by atoms with E-state index in [2.05, 4.69) is 41.5 Å². The third-order valence-corrected chi connectivity index (χ3v) is 12.6. The van der Waals surface area contributed by atoms with Gasteiger partial charge in [0, 0.05) is 7.26 Å². The van der Waals surface area contributed by atoms with Crippen LogP contribution in [0.25, 0.3) is 0 Å². The molecule has 0 fully saturated rings. The normalized spacial score (nSPS) is 11.6. The number of carboxylic acid groups (broad SMARTS) is 2. The van der Waals surface area contributed by atoms with E-state index in [0.29, 0.717) is 5.92 Å². The fourth-order valence-electron chi connectivity index (χ4n) is 4.84. The van der Waals surface area contributed by atoms with E-state index < -0.39 is 30.9 Å². The van der Waals surface area contributed by atoms with Crippen molar-refractivity contribution >= 4 is 19.2 Å². The molecule has 5 nitrogen and oxygen atoms in total. The Hall–Kier alpha value is -2.39. The van der Waals surface area contributed by atoms with Crippen LogP contribution in [0, 0.1) is 5.92 Å². The Bertz CT molecular complexity index is 949. The molecule has 0 aliphatic carbocycles. The van der Waals surface area contributed by atoms with Crippen LogP contribution in [0.3, 0.4) is 0 Å². The molecule has 0 saturated carbocycles. The summed E-state index contributed by atoms with van der Waals surface area (Å²) in [5, 5.41) is 27.9. The summed E-state index contributed by atoms with van der Waals surface area (Å²) in [5.41, 5.74) is 1.96. The highest BCUT2D eigenvalue weighted by Gasteiger charge is 2.34. The van der Waals surface area contributed by atoms with E-state index in [9.17, 15) is 14.7 Å². The second kappa shape index (κ2) is 23.1. The van der Waals surface area contributed by atoms with Gasteiger partial charge >= 0.3 is 11.9 Å². The first kappa shape index (κ1) is 39.6. The Labute approximate surface area is 257 Å². The molecule has 0 aliphatic heterocycles. The summed E-state index contributed by atoms with van der Waals surface area (Å²) in [6.45, 7) is 15.5. The van der Waals surface area contributed by atoms with Crippen LogP contribution in [0.4, 0.5) is 0 Å². The molecule has 2 rings (SSSR count). The summed E-state index contributed by atoms with van der Waals surface area (Å²) in [7, 11) is -0.562. The van der Waals surface area contributed by atoms with Gasteiger partial charge in [0.05, 0.1) is 36.1 Å². The number of aliphatic carboxylic acids is 1. The van der Waals surface area contributed by atoms with Gasteiger partial charge in [-0.15, -0.1) is 0 Å². The number of carbonyl (C=O) groups is 2. The van der Waals surface area contributed by atoms with Gasteiger partial charge in [0.15, 0.2) is 0 Å². The SMILES string of the molecule is CC(C)Cc1ccc(C(C)C(=O)O)cc1.CCCC[P+](CCCC)(CCCC)CCCC.O=C(O)c1ccccc1[O-]. The first-order valence-electron chi connectivity index (χ1n) is 16.1. The Morgan fingerprint density at radius 3 is 1.45 bits per heavy atom. The number of unbranched alkanes of at least 4 members (excludes halogenated alkanes) is 4. The number of rotatable bonds is 17. The zero-order valence-electron chi connectivity index (χ0n) is 27.5. The Balaban J connectivity index is 0.000000618. The maximum atomic E-state index is 10.8. The molecule has 0 bridgehead atoms. The van der Waals surface area contributed by atoms with Crippen molar-refractivity contribution in [1.29, 1.82) is 0 Å². The number of benzene rings is 2. The summed E-state index contributed by atoms with van der Waals surface area (Å²) in [5.74, 6) is -2.18. The summed E-state index contributed by atoms with van der Waals surface area (Å²) < 4.78 is 0. The molecule has 0 amide bonds. The van der Waals surface area contributed by atoms with Crippen LogP contribution in [0.2, 0.25) is 0 Å². The predicted octanol–water partition coefficient (Wildman–Crippen LogP) is 9.74. The number of para-hydroxylation sites is 1. The Morgan fingerprint density at radius 2 is 1.14 bits per heavy atom. The maximum absolute atomic E-state index is 10.8. The van der Waals surface area contributed by atoms with E-state index in [0.717, 1.165) is 12.0 Å². The van der Waals surface area contributed by atoms with Crippen molar-refractivity contribution < 1.29 is 24.9 Å². The van der Waals surface area contributed by atoms with Crippen molar-refractivity contribution in [2.24, 2.45) is 5.92 Å². The number of hydrogen-bond acceptors (Lipinski definition) is 3. The standard InChI is InChI=1S/C16H36P.C13H18O2.C7H6O3/c1-5-9-13-17(14-10-6-2,15-11-7-3)16-12-8-4;1-9(2)8-11-4-6-12(7-5-11)10(3)13(14)15;8-6-4-2-1-3-5(6)7(9)10/h5-16H2,1-4H3;4-7,9-10H,8H2,1-3H3,(H,14,15);1-4,8H,(H,9,10)/q+1;;/p-1. The van der Waals surface area contributed by atoms with Crippen LogP contribution in [-0.4, -0.2) is 46.8 Å². The van der Waals surface area contributed by atoms with E-state index in [1.807, 2.05) is 24.3 Å². The molecule has 0 aliphatic rings. The molecule has 1 unspecified atom stereocenters. The lowest BCUT2D eigenvalue weighted by Crippen LogP contribution is -2.12. The molecule has 238 valence electrons. The van der Waals surface area contributed by atoms with Crippen molar-refractivity contribution in [3.05, 3.63) is 65.2 Å². The van der Waals surface area contributed by atoms with Gasteiger partial charge in [-0.2, -0.15) is 0 Å². The largest absolute Gasteiger partial charge is 0.872 e. The monoisotopic (exact) mass is 602 g/mol. The summed E-state index contributed by atoms with van der Waals surface area (Å²) >= 11 is 0. The average molecular weight is 603 g/mol. The van der Waals surface area contributed by atoms with Gasteiger partial charge < -0.3 is 15.3 Å². The van der Waals surface area contributed by atoms with Gasteiger partial charge in [0.1, 0.15) is 0 Å². The topological polar surface area (TPSA) is 97.7 Å². The number of carboxylic acids is 2. The van der Waals surface area contributed by atoms with Crippen LogP contribution in [-0.2, 0) is 11.2 Å². The third-order valence-electron chi connectivity index (χ3n) is 7.56. The van der Waals surface area contributed by atoms with Crippen molar-refractivity contribution in [3.63, 3.8) is 0 Å². The van der Waals surface area contributed by atoms with Crippen LogP contribution < -0.4 is 5.11 Å². The summed E-state index contributed by atoms with van der Waals surface area (Å²) in [6.07, 6.45) is 19.0. The highest BCUT2D eigenvalue weighted by molar-refractivity contribution is 7.75. The third kappa shape index (κ3) is 16.9. The van der Waals surface area contributed by atoms with Crippen LogP contribution in [0.5, 0.6) is 5.75 Å². The molecule has 0 aromatic heterocycles. The van der Waals surface area contributed by atoms with E-state index in [1.54, 1.807) is 31.6 Å². The van der Waals surface area contributed by atoms with Gasteiger partial charge in [-0.05, 0) is 62.1 Å². The molecule has 2 N–H and O–H groups in total. The lowest BCUT2D eigenvalue weighted by Gasteiger charge is -2.28. The van der Waals surface area contributed by atoms with Crippen molar-refractivity contribution in [2.45, 2.75) is 112 Å². The minimum Gasteiger partial charge on any atom is -0.872 e. The highest BCUT2D eigenvalue weighted by atomic mass is 31.2. The van der Waals surface area contributed by atoms with Crippen molar-refractivity contribution in [2.75, 3.05) is 24.6 Å². The molecule has 2 aromatic carbocycles. The van der Waals surface area contributed by atoms with E-state index in [1.165, 1.54) is 81.2 Å². The van der Waals surface area contributed by atoms with E-state index in [-0.39, 0.29) is 5.56 Å². The van der Waals surface area contributed by atoms with E-state index >= 15 is 0 Å². The second-order valence-corrected chi connectivity index (χ2v) is 16.3. The molecule has 42 heavy (non-hydrogen) atoms. The first-order chi connectivity index (χ1) is 20.0. The van der Waals surface area contributed by atoms with Crippen LogP contribution in [0.1, 0.15) is 127 Å². The minimum absolute atomic E-state index is 0.178. The first-order valence-corrected chi connectivity index (χ1v) is 18.7. The molecule has 1 atom stereocenters. The average Bonchev–Trinajstić information content (AvgIpc) is 2.97. The van der Waals surface area contributed by atoms with Crippen molar-refractivity contribution in [1.82, 2.24) is 0 Å². The molecule has 6 heteroatoms. The lowest BCUT2D eigenvalue weighted by molar-refractivity contribution is -0.268. The summed E-state index contributed by atoms with van der Waals surface area (Å²) in [4.78, 5) is 21.0. The molecular weight excluding hydrogens is 543 g/mol. The number of hydrogen-bond donors (Lipinski definition) is 2. The Morgan fingerprint density at radius 1 is 0.714 bits per heavy atom. The van der Waals surface area contributed by atoms with Crippen molar-refractivity contribution in [3.8, 4) is 5.75 Å². The van der Waals surface area contributed by atoms with Gasteiger partial charge in [0.25, 0.3) is 0 Å². The van der Waals surface area contributed by atoms with Gasteiger partial charge in [-0.25, -0.2) is 4.79 Å². The van der Waals surface area contributed by atoms with E-state index in [4.69, 9.17) is 10.2 Å². The molecule has 0 radical (unpaired) electrons. The Kier molecular flexibility index (Phi) is 21.8. The minimum atomic E-state index is -1.18. The van der Waals surface area contributed by atoms with Gasteiger partial charge in [0.2, 0.25) is 0 Å². The smallest absolute Gasteiger partial charge is 0.335 e. The molecule has 0 saturated heterocycles. The summed E-state index contributed by atoms with van der Waals surface area (Å²) in [6, 6.07) is 13.4. The fraction of sp³-hybridized carbons (Fsp3) is 0.611. The second-order valence-electron chi connectivity index (χ2n) is 11.9. The quantitative estimate of drug-likeness (QED) is 0.176. The predicted molar refractivity (Wildman–Crippen MR) is 180 cm³/mol. The number of aromatic carboxylic acids is 1. The lowest BCUT2D eigenvalue weighted by atomic mass is 9.97. The maximum Gasteiger partial charge on any atom is 0.335 e. The molecule has 0 spiro atoms. The molecule has 2 aromatic rings. The zero-order chi connectivity index (χ0) is 32.0. The molecular formula is C36H59O5P. The molecule has 0 heterocycles. The van der Waals surface area contributed by atoms with Crippen LogP contribution >= 0.6 is 7.26 Å². The van der Waals surface area contributed by atoms with Crippen LogP contribution in [0.15, 0.2) is 48.5 Å². The van der Waals surface area contributed by atoms with Gasteiger partial charge in [-0.1, -0.05) is 115 Å². The highest BCUT2D eigenvalue weighted by Crippen LogP contribution is 2.61.